The second-order valence-corrected chi connectivity index (χ2v) is 6.45. The van der Waals surface area contributed by atoms with Crippen LogP contribution in [0.4, 0.5) is 5.69 Å². The highest BCUT2D eigenvalue weighted by Crippen LogP contribution is 2.34. The Balaban J connectivity index is 1.60. The number of rotatable bonds is 5. The lowest BCUT2D eigenvalue weighted by Crippen LogP contribution is -2.23. The van der Waals surface area contributed by atoms with Crippen molar-refractivity contribution in [3.63, 3.8) is 0 Å². The van der Waals surface area contributed by atoms with Crippen LogP contribution in [0.5, 0.6) is 0 Å². The number of aromatic nitrogens is 5. The number of hydrogen-bond donors (Lipinski definition) is 2. The van der Waals surface area contributed by atoms with Crippen molar-refractivity contribution in [2.24, 2.45) is 0 Å². The molecule has 0 aliphatic heterocycles. The van der Waals surface area contributed by atoms with Gasteiger partial charge in [0, 0.05) is 28.2 Å². The van der Waals surface area contributed by atoms with Gasteiger partial charge in [-0.3, -0.25) is 15.0 Å². The number of H-pyrrole nitrogens is 2. The van der Waals surface area contributed by atoms with Gasteiger partial charge in [0.25, 0.3) is 0 Å². The van der Waals surface area contributed by atoms with E-state index in [1.807, 2.05) is 42.5 Å². The van der Waals surface area contributed by atoms with Gasteiger partial charge >= 0.3 is 0 Å². The number of benzene rings is 2. The van der Waals surface area contributed by atoms with Crippen LogP contribution in [0.2, 0.25) is 0 Å². The minimum atomic E-state index is 0.330. The molecule has 128 valence electrons. The number of fused-ring (bicyclic) bond motifs is 1. The van der Waals surface area contributed by atoms with Gasteiger partial charge in [-0.25, -0.2) is 4.98 Å². The summed E-state index contributed by atoms with van der Waals surface area (Å²) >= 11 is 0. The first-order valence-electron chi connectivity index (χ1n) is 8.52. The van der Waals surface area contributed by atoms with Crippen LogP contribution in [0.15, 0.2) is 48.8 Å². The van der Waals surface area contributed by atoms with Crippen LogP contribution in [0.25, 0.3) is 33.5 Å². The Bertz CT molecular complexity index is 1080. The quantitative estimate of drug-likeness (QED) is 0.544. The zero-order valence-corrected chi connectivity index (χ0v) is 13.9. The van der Waals surface area contributed by atoms with Crippen molar-refractivity contribution in [3.05, 3.63) is 48.8 Å². The molecule has 7 nitrogen and oxygen atoms in total. The molecule has 2 aromatic carbocycles. The van der Waals surface area contributed by atoms with Crippen LogP contribution < -0.4 is 4.90 Å². The maximum absolute atomic E-state index is 11.5. The van der Waals surface area contributed by atoms with Crippen molar-refractivity contribution in [2.45, 2.75) is 18.9 Å². The molecule has 0 radical (unpaired) electrons. The van der Waals surface area contributed by atoms with Crippen LogP contribution in [0, 0.1) is 0 Å². The first-order chi connectivity index (χ1) is 12.8. The predicted molar refractivity (Wildman–Crippen MR) is 98.5 cm³/mol. The standard InChI is InChI=1S/C19H16N6O/c26-11-25(14-5-6-14)15-3-1-2-12(8-15)18-16-9-13(19-20-10-21-24-19)4-7-17(16)22-23-18/h1-4,7-11,14H,5-6H2,(H,22,23)(H,20,21,24). The van der Waals surface area contributed by atoms with Gasteiger partial charge in [0.05, 0.1) is 11.2 Å². The largest absolute Gasteiger partial charge is 0.312 e. The van der Waals surface area contributed by atoms with Gasteiger partial charge in [0.15, 0.2) is 5.82 Å². The lowest BCUT2D eigenvalue weighted by molar-refractivity contribution is -0.107. The van der Waals surface area contributed by atoms with Gasteiger partial charge in [-0.1, -0.05) is 12.1 Å². The zero-order valence-electron chi connectivity index (χ0n) is 13.9. The maximum atomic E-state index is 11.5. The molecule has 2 N–H and O–H groups in total. The smallest absolute Gasteiger partial charge is 0.214 e. The zero-order chi connectivity index (χ0) is 17.5. The third-order valence-electron chi connectivity index (χ3n) is 4.71. The molecule has 2 aromatic heterocycles. The van der Waals surface area contributed by atoms with Gasteiger partial charge in [-0.05, 0) is 43.2 Å². The molecule has 0 spiro atoms. The van der Waals surface area contributed by atoms with Gasteiger partial charge in [-0.2, -0.15) is 10.2 Å². The molecule has 1 fully saturated rings. The third-order valence-corrected chi connectivity index (χ3v) is 4.71. The van der Waals surface area contributed by atoms with E-state index in [-0.39, 0.29) is 0 Å². The molecule has 1 amide bonds. The second-order valence-electron chi connectivity index (χ2n) is 6.45. The second kappa shape index (κ2) is 5.80. The summed E-state index contributed by atoms with van der Waals surface area (Å²) in [7, 11) is 0. The molecule has 0 bridgehead atoms. The van der Waals surface area contributed by atoms with E-state index < -0.39 is 0 Å². The molecule has 26 heavy (non-hydrogen) atoms. The predicted octanol–water partition coefficient (Wildman–Crippen LogP) is 3.14. The van der Waals surface area contributed by atoms with Crippen LogP contribution in [0.1, 0.15) is 12.8 Å². The Hall–Kier alpha value is -3.48. The molecule has 7 heteroatoms. The van der Waals surface area contributed by atoms with E-state index in [1.54, 1.807) is 11.2 Å². The monoisotopic (exact) mass is 344 g/mol. The van der Waals surface area contributed by atoms with E-state index in [9.17, 15) is 4.79 Å². The van der Waals surface area contributed by atoms with Crippen LogP contribution in [-0.4, -0.2) is 37.8 Å². The molecule has 1 saturated carbocycles. The van der Waals surface area contributed by atoms with E-state index >= 15 is 0 Å². The summed E-state index contributed by atoms with van der Waals surface area (Å²) in [6.45, 7) is 0. The van der Waals surface area contributed by atoms with Crippen molar-refractivity contribution in [2.75, 3.05) is 4.90 Å². The molecule has 0 atom stereocenters. The Morgan fingerprint density at radius 3 is 2.77 bits per heavy atom. The highest BCUT2D eigenvalue weighted by molar-refractivity contribution is 5.96. The highest BCUT2D eigenvalue weighted by Gasteiger charge is 2.29. The van der Waals surface area contributed by atoms with Crippen molar-refractivity contribution in [3.8, 4) is 22.6 Å². The Morgan fingerprint density at radius 2 is 2.00 bits per heavy atom. The van der Waals surface area contributed by atoms with E-state index in [0.717, 1.165) is 52.7 Å². The summed E-state index contributed by atoms with van der Waals surface area (Å²) in [5.74, 6) is 0.647. The van der Waals surface area contributed by atoms with Gasteiger partial charge in [-0.15, -0.1) is 0 Å². The third kappa shape index (κ3) is 2.45. The first-order valence-corrected chi connectivity index (χ1v) is 8.52. The highest BCUT2D eigenvalue weighted by atomic mass is 16.1. The minimum Gasteiger partial charge on any atom is -0.312 e. The summed E-state index contributed by atoms with van der Waals surface area (Å²) in [4.78, 5) is 17.5. The Kier molecular flexibility index (Phi) is 3.31. The molecular formula is C19H16N6O. The molecule has 0 unspecified atom stereocenters. The fourth-order valence-corrected chi connectivity index (χ4v) is 3.25. The molecular weight excluding hydrogens is 328 g/mol. The Labute approximate surface area is 149 Å². The van der Waals surface area contributed by atoms with E-state index in [2.05, 4.69) is 25.4 Å². The lowest BCUT2D eigenvalue weighted by Gasteiger charge is -2.17. The summed E-state index contributed by atoms with van der Waals surface area (Å²) in [5.41, 5.74) is 4.58. The number of anilines is 1. The topological polar surface area (TPSA) is 90.6 Å². The molecule has 2 heterocycles. The molecule has 1 aliphatic carbocycles. The van der Waals surface area contributed by atoms with Crippen molar-refractivity contribution >= 4 is 23.0 Å². The number of nitrogens with zero attached hydrogens (tertiary/aromatic N) is 4. The molecule has 4 aromatic rings. The fourth-order valence-electron chi connectivity index (χ4n) is 3.25. The number of amides is 1. The van der Waals surface area contributed by atoms with Crippen LogP contribution in [0.3, 0.4) is 0 Å². The maximum Gasteiger partial charge on any atom is 0.214 e. The summed E-state index contributed by atoms with van der Waals surface area (Å²) < 4.78 is 0. The Morgan fingerprint density at radius 1 is 1.08 bits per heavy atom. The van der Waals surface area contributed by atoms with Gasteiger partial charge in [0.2, 0.25) is 6.41 Å². The number of carbonyl (C=O) groups is 1. The van der Waals surface area contributed by atoms with Crippen LogP contribution >= 0.6 is 0 Å². The molecule has 0 saturated heterocycles. The normalized spacial score (nSPS) is 13.8. The molecule has 5 rings (SSSR count). The lowest BCUT2D eigenvalue weighted by atomic mass is 10.0. The van der Waals surface area contributed by atoms with E-state index in [1.165, 1.54) is 0 Å². The van der Waals surface area contributed by atoms with Crippen molar-refractivity contribution in [1.29, 1.82) is 0 Å². The van der Waals surface area contributed by atoms with Gasteiger partial charge < -0.3 is 4.90 Å². The van der Waals surface area contributed by atoms with Crippen molar-refractivity contribution < 1.29 is 4.79 Å². The number of aromatic amines is 2. The summed E-state index contributed by atoms with van der Waals surface area (Å²) in [6.07, 6.45) is 4.61. The average Bonchev–Trinajstić information content (AvgIpc) is 3.20. The van der Waals surface area contributed by atoms with Gasteiger partial charge in [0.1, 0.15) is 6.33 Å². The average molecular weight is 344 g/mol. The summed E-state index contributed by atoms with van der Waals surface area (Å²) in [5, 5.41) is 15.4. The molecule has 1 aliphatic rings. The summed E-state index contributed by atoms with van der Waals surface area (Å²) in [6, 6.07) is 14.2. The van der Waals surface area contributed by atoms with E-state index in [0.29, 0.717) is 11.9 Å². The van der Waals surface area contributed by atoms with Crippen molar-refractivity contribution in [1.82, 2.24) is 25.4 Å². The van der Waals surface area contributed by atoms with E-state index in [4.69, 9.17) is 0 Å². The number of nitrogens with one attached hydrogen (secondary N) is 2. The SMILES string of the molecule is O=CN(c1cccc(-c2n[nH]c3ccc(-c4nc[nH]n4)cc23)c1)C1CC1. The number of hydrogen-bond acceptors (Lipinski definition) is 4. The number of carbonyl (C=O) groups excluding carboxylic acids is 1. The first kappa shape index (κ1) is 14.8. The minimum absolute atomic E-state index is 0.330. The van der Waals surface area contributed by atoms with Crippen LogP contribution in [-0.2, 0) is 4.79 Å². The fraction of sp³-hybridized carbons (Fsp3) is 0.158.